The van der Waals surface area contributed by atoms with Crippen LogP contribution in [-0.4, -0.2) is 17.2 Å². The van der Waals surface area contributed by atoms with Gasteiger partial charge in [0.2, 0.25) is 0 Å². The molecule has 5 rings (SSSR count). The number of rotatable bonds is 7. The van der Waals surface area contributed by atoms with Crippen LogP contribution in [-0.2, 0) is 10.2 Å². The van der Waals surface area contributed by atoms with Gasteiger partial charge in [-0.05, 0) is 113 Å². The molecule has 0 atom stereocenters. The van der Waals surface area contributed by atoms with Crippen LogP contribution >= 0.6 is 0 Å². The van der Waals surface area contributed by atoms with Crippen LogP contribution in [0.5, 0.6) is 5.75 Å². The van der Waals surface area contributed by atoms with Crippen molar-refractivity contribution in [3.8, 4) is 5.75 Å². The van der Waals surface area contributed by atoms with Crippen molar-refractivity contribution in [2.45, 2.75) is 77.7 Å². The van der Waals surface area contributed by atoms with Gasteiger partial charge in [0.05, 0.1) is 11.7 Å². The highest BCUT2D eigenvalue weighted by atomic mass is 16.5. The molecule has 0 aromatic heterocycles. The molecule has 0 unspecified atom stereocenters. The SMILES string of the molecule is CC=CC=CC(C)=C(C(=O)O)c1ccc(OC(C)C)c(C23CC4CC(CC(C4)C2)C3)c1. The van der Waals surface area contributed by atoms with Crippen LogP contribution < -0.4 is 4.74 Å². The van der Waals surface area contributed by atoms with E-state index in [-0.39, 0.29) is 11.5 Å². The van der Waals surface area contributed by atoms with Gasteiger partial charge in [0.1, 0.15) is 5.75 Å². The second kappa shape index (κ2) is 8.68. The van der Waals surface area contributed by atoms with Crippen LogP contribution in [0.4, 0.5) is 0 Å². The molecule has 4 bridgehead atoms. The molecular formula is C28H36O3. The highest BCUT2D eigenvalue weighted by molar-refractivity contribution is 6.17. The van der Waals surface area contributed by atoms with Crippen LogP contribution in [0.2, 0.25) is 0 Å². The number of ether oxygens (including phenoxy) is 1. The molecule has 0 saturated heterocycles. The maximum Gasteiger partial charge on any atom is 0.336 e. The number of carboxylic acid groups (broad SMARTS) is 1. The molecule has 4 fully saturated rings. The number of hydrogen-bond donors (Lipinski definition) is 1. The Bertz CT molecular complexity index is 896. The molecule has 0 radical (unpaired) electrons. The number of hydrogen-bond acceptors (Lipinski definition) is 2. The molecule has 3 nitrogen and oxygen atoms in total. The maximum atomic E-state index is 12.3. The zero-order valence-corrected chi connectivity index (χ0v) is 19.4. The Labute approximate surface area is 186 Å². The first-order valence-corrected chi connectivity index (χ1v) is 11.9. The van der Waals surface area contributed by atoms with Gasteiger partial charge in [-0.25, -0.2) is 4.79 Å². The lowest BCUT2D eigenvalue weighted by Gasteiger charge is -2.57. The van der Waals surface area contributed by atoms with E-state index in [1.54, 1.807) is 0 Å². The van der Waals surface area contributed by atoms with Crippen molar-refractivity contribution in [2.75, 3.05) is 0 Å². The number of carboxylic acids is 1. The fourth-order valence-electron chi connectivity index (χ4n) is 6.81. The average molecular weight is 421 g/mol. The van der Waals surface area contributed by atoms with E-state index in [1.807, 2.05) is 50.3 Å². The first kappa shape index (κ1) is 21.9. The van der Waals surface area contributed by atoms with E-state index in [0.29, 0.717) is 5.57 Å². The Kier molecular flexibility index (Phi) is 6.14. The number of allylic oxidation sites excluding steroid dienone is 5. The molecule has 0 spiro atoms. The summed E-state index contributed by atoms with van der Waals surface area (Å²) in [6, 6.07) is 6.11. The number of carbonyl (C=O) groups is 1. The molecule has 1 N–H and O–H groups in total. The second-order valence-electron chi connectivity index (χ2n) is 10.3. The van der Waals surface area contributed by atoms with Gasteiger partial charge in [-0.2, -0.15) is 0 Å². The molecule has 1 aromatic rings. The van der Waals surface area contributed by atoms with E-state index in [1.165, 1.54) is 44.1 Å². The molecule has 4 saturated carbocycles. The largest absolute Gasteiger partial charge is 0.491 e. The third-order valence-corrected chi connectivity index (χ3v) is 7.50. The summed E-state index contributed by atoms with van der Waals surface area (Å²) in [5.41, 5.74) is 3.33. The van der Waals surface area contributed by atoms with Crippen molar-refractivity contribution in [1.29, 1.82) is 0 Å². The highest BCUT2D eigenvalue weighted by Crippen LogP contribution is 2.62. The van der Waals surface area contributed by atoms with Gasteiger partial charge in [-0.1, -0.05) is 30.4 Å². The zero-order chi connectivity index (χ0) is 22.2. The van der Waals surface area contributed by atoms with Gasteiger partial charge < -0.3 is 9.84 Å². The number of benzene rings is 1. The predicted molar refractivity (Wildman–Crippen MR) is 126 cm³/mol. The molecule has 4 aliphatic rings. The minimum absolute atomic E-state index is 0.0958. The van der Waals surface area contributed by atoms with E-state index in [0.717, 1.165) is 34.6 Å². The maximum absolute atomic E-state index is 12.3. The third kappa shape index (κ3) is 4.37. The van der Waals surface area contributed by atoms with Crippen molar-refractivity contribution >= 4 is 11.5 Å². The van der Waals surface area contributed by atoms with E-state index >= 15 is 0 Å². The average Bonchev–Trinajstić information content (AvgIpc) is 2.67. The Morgan fingerprint density at radius 1 is 1.10 bits per heavy atom. The molecule has 0 amide bonds. The topological polar surface area (TPSA) is 46.5 Å². The van der Waals surface area contributed by atoms with Crippen molar-refractivity contribution in [3.63, 3.8) is 0 Å². The minimum Gasteiger partial charge on any atom is -0.491 e. The fourth-order valence-corrected chi connectivity index (χ4v) is 6.81. The summed E-state index contributed by atoms with van der Waals surface area (Å²) >= 11 is 0. The summed E-state index contributed by atoms with van der Waals surface area (Å²) in [5.74, 6) is 2.54. The summed E-state index contributed by atoms with van der Waals surface area (Å²) in [7, 11) is 0. The second-order valence-corrected chi connectivity index (χ2v) is 10.3. The Balaban J connectivity index is 1.82. The van der Waals surface area contributed by atoms with Crippen molar-refractivity contribution in [1.82, 2.24) is 0 Å². The number of aliphatic carboxylic acids is 1. The van der Waals surface area contributed by atoms with Gasteiger partial charge in [0.15, 0.2) is 0 Å². The first-order chi connectivity index (χ1) is 14.8. The third-order valence-electron chi connectivity index (χ3n) is 7.50. The monoisotopic (exact) mass is 420 g/mol. The van der Waals surface area contributed by atoms with Crippen LogP contribution in [0.1, 0.15) is 77.3 Å². The van der Waals surface area contributed by atoms with Gasteiger partial charge in [-0.15, -0.1) is 0 Å². The normalized spacial score (nSPS) is 30.4. The Hall–Kier alpha value is -2.29. The van der Waals surface area contributed by atoms with E-state index in [4.69, 9.17) is 4.74 Å². The van der Waals surface area contributed by atoms with Crippen molar-refractivity contribution in [3.05, 3.63) is 59.2 Å². The standard InChI is InChI=1S/C28H36O3/c1-5-6-7-8-19(4)26(27(29)30)23-9-10-25(31-18(2)3)24(14-23)28-15-20-11-21(16-28)13-22(12-20)17-28/h5-10,14,18,20-22H,11-13,15-17H2,1-4H3,(H,29,30). The lowest BCUT2D eigenvalue weighted by atomic mass is 9.48. The molecular weight excluding hydrogens is 384 g/mol. The molecule has 4 aliphatic carbocycles. The van der Waals surface area contributed by atoms with Crippen LogP contribution in [0.3, 0.4) is 0 Å². The summed E-state index contributed by atoms with van der Waals surface area (Å²) in [5, 5.41) is 10.1. The Morgan fingerprint density at radius 2 is 1.71 bits per heavy atom. The van der Waals surface area contributed by atoms with Crippen LogP contribution in [0, 0.1) is 17.8 Å². The Morgan fingerprint density at radius 3 is 2.23 bits per heavy atom. The lowest BCUT2D eigenvalue weighted by molar-refractivity contribution is -0.130. The quantitative estimate of drug-likeness (QED) is 0.384. The van der Waals surface area contributed by atoms with Crippen molar-refractivity contribution in [2.24, 2.45) is 17.8 Å². The van der Waals surface area contributed by atoms with E-state index in [2.05, 4.69) is 19.9 Å². The molecule has 1 aromatic carbocycles. The highest BCUT2D eigenvalue weighted by Gasteiger charge is 2.52. The van der Waals surface area contributed by atoms with Crippen LogP contribution in [0.15, 0.2) is 48.1 Å². The van der Waals surface area contributed by atoms with Gasteiger partial charge in [0.25, 0.3) is 0 Å². The zero-order valence-electron chi connectivity index (χ0n) is 19.4. The van der Waals surface area contributed by atoms with Gasteiger partial charge in [-0.3, -0.25) is 0 Å². The minimum atomic E-state index is -0.878. The molecule has 3 heteroatoms. The molecule has 166 valence electrons. The first-order valence-electron chi connectivity index (χ1n) is 11.9. The summed E-state index contributed by atoms with van der Waals surface area (Å²) in [6.07, 6.45) is 15.6. The summed E-state index contributed by atoms with van der Waals surface area (Å²) in [6.45, 7) is 7.96. The van der Waals surface area contributed by atoms with Gasteiger partial charge >= 0.3 is 5.97 Å². The van der Waals surface area contributed by atoms with Crippen LogP contribution in [0.25, 0.3) is 5.57 Å². The molecule has 0 aliphatic heterocycles. The van der Waals surface area contributed by atoms with Crippen molar-refractivity contribution < 1.29 is 14.6 Å². The van der Waals surface area contributed by atoms with Gasteiger partial charge in [0, 0.05) is 5.56 Å². The van der Waals surface area contributed by atoms with E-state index < -0.39 is 5.97 Å². The predicted octanol–water partition coefficient (Wildman–Crippen LogP) is 6.93. The molecule has 31 heavy (non-hydrogen) atoms. The summed E-state index contributed by atoms with van der Waals surface area (Å²) < 4.78 is 6.28. The summed E-state index contributed by atoms with van der Waals surface area (Å²) in [4.78, 5) is 12.3. The smallest absolute Gasteiger partial charge is 0.336 e. The van der Waals surface area contributed by atoms with E-state index in [9.17, 15) is 9.90 Å². The molecule has 0 heterocycles. The fraction of sp³-hybridized carbons (Fsp3) is 0.536. The lowest BCUT2D eigenvalue weighted by Crippen LogP contribution is -2.48.